The van der Waals surface area contributed by atoms with E-state index in [4.69, 9.17) is 27.9 Å². The lowest BCUT2D eigenvalue weighted by molar-refractivity contribution is 0.0606. The standard InChI is InChI=1S/C11H8Cl2O3S/c1-15-6-4-3-5-7(12)10(11(14)16-2)17-9(5)8(6)13/h3-4H,1-2H3. The Kier molecular flexibility index (Phi) is 3.47. The molecule has 0 unspecified atom stereocenters. The van der Waals surface area contributed by atoms with Gasteiger partial charge in [0.2, 0.25) is 0 Å². The van der Waals surface area contributed by atoms with Crippen LogP contribution in [0.4, 0.5) is 0 Å². The summed E-state index contributed by atoms with van der Waals surface area (Å²) in [6.07, 6.45) is 0. The van der Waals surface area contributed by atoms with Crippen molar-refractivity contribution in [3.8, 4) is 5.75 Å². The van der Waals surface area contributed by atoms with Gasteiger partial charge >= 0.3 is 5.97 Å². The summed E-state index contributed by atoms with van der Waals surface area (Å²) < 4.78 is 10.5. The maximum Gasteiger partial charge on any atom is 0.349 e. The van der Waals surface area contributed by atoms with Crippen LogP contribution in [0.25, 0.3) is 10.1 Å². The molecule has 0 saturated heterocycles. The molecule has 0 aliphatic heterocycles. The molecule has 0 amide bonds. The van der Waals surface area contributed by atoms with Gasteiger partial charge in [0.1, 0.15) is 15.6 Å². The first-order valence-electron chi connectivity index (χ1n) is 4.63. The van der Waals surface area contributed by atoms with Crippen LogP contribution in [0.5, 0.6) is 5.75 Å². The average molecular weight is 291 g/mol. The fourth-order valence-corrected chi connectivity index (χ4v) is 3.27. The van der Waals surface area contributed by atoms with Gasteiger partial charge in [-0.05, 0) is 12.1 Å². The minimum Gasteiger partial charge on any atom is -0.495 e. The van der Waals surface area contributed by atoms with Gasteiger partial charge in [-0.3, -0.25) is 0 Å². The van der Waals surface area contributed by atoms with Crippen LogP contribution in [0, 0.1) is 0 Å². The van der Waals surface area contributed by atoms with Crippen molar-refractivity contribution in [2.75, 3.05) is 14.2 Å². The van der Waals surface area contributed by atoms with Crippen LogP contribution in [0.1, 0.15) is 9.67 Å². The first-order chi connectivity index (χ1) is 8.10. The van der Waals surface area contributed by atoms with Crippen LogP contribution in [0.3, 0.4) is 0 Å². The van der Waals surface area contributed by atoms with E-state index in [1.165, 1.54) is 25.6 Å². The van der Waals surface area contributed by atoms with E-state index >= 15 is 0 Å². The van der Waals surface area contributed by atoms with Gasteiger partial charge in [-0.25, -0.2) is 4.79 Å². The lowest BCUT2D eigenvalue weighted by Gasteiger charge is -2.02. The summed E-state index contributed by atoms with van der Waals surface area (Å²) in [5.41, 5.74) is 0. The molecule has 2 rings (SSSR count). The molecule has 6 heteroatoms. The zero-order valence-electron chi connectivity index (χ0n) is 9.04. The van der Waals surface area contributed by atoms with Crippen molar-refractivity contribution in [3.63, 3.8) is 0 Å². The normalized spacial score (nSPS) is 10.6. The summed E-state index contributed by atoms with van der Waals surface area (Å²) in [7, 11) is 2.84. The Hall–Kier alpha value is -0.970. The van der Waals surface area contributed by atoms with Gasteiger partial charge in [-0.2, -0.15) is 0 Å². The molecule has 0 saturated carbocycles. The number of halogens is 2. The number of benzene rings is 1. The van der Waals surface area contributed by atoms with Crippen LogP contribution in [0.2, 0.25) is 10.0 Å². The number of carbonyl (C=O) groups is 1. The molecule has 0 radical (unpaired) electrons. The monoisotopic (exact) mass is 290 g/mol. The Morgan fingerprint density at radius 3 is 2.53 bits per heavy atom. The highest BCUT2D eigenvalue weighted by Gasteiger charge is 2.20. The number of hydrogen-bond acceptors (Lipinski definition) is 4. The second kappa shape index (κ2) is 4.72. The van der Waals surface area contributed by atoms with Crippen molar-refractivity contribution in [2.24, 2.45) is 0 Å². The molecule has 3 nitrogen and oxygen atoms in total. The third-order valence-electron chi connectivity index (χ3n) is 2.29. The predicted octanol–water partition coefficient (Wildman–Crippen LogP) is 4.00. The highest BCUT2D eigenvalue weighted by atomic mass is 35.5. The molecule has 1 heterocycles. The molecule has 17 heavy (non-hydrogen) atoms. The summed E-state index contributed by atoms with van der Waals surface area (Å²) >= 11 is 13.5. The van der Waals surface area contributed by atoms with Gasteiger partial charge in [0.15, 0.2) is 0 Å². The fourth-order valence-electron chi connectivity index (χ4n) is 1.46. The number of ether oxygens (including phenoxy) is 2. The highest BCUT2D eigenvalue weighted by molar-refractivity contribution is 7.22. The topological polar surface area (TPSA) is 35.5 Å². The Bertz CT molecular complexity index is 592. The van der Waals surface area contributed by atoms with Crippen LogP contribution in [-0.4, -0.2) is 20.2 Å². The van der Waals surface area contributed by atoms with Crippen LogP contribution < -0.4 is 4.74 Å². The van der Waals surface area contributed by atoms with Gasteiger partial charge in [-0.1, -0.05) is 23.2 Å². The van der Waals surface area contributed by atoms with Crippen molar-refractivity contribution in [2.45, 2.75) is 0 Å². The van der Waals surface area contributed by atoms with E-state index in [0.29, 0.717) is 20.7 Å². The molecule has 0 bridgehead atoms. The van der Waals surface area contributed by atoms with E-state index in [-0.39, 0.29) is 0 Å². The average Bonchev–Trinajstić information content (AvgIpc) is 2.68. The molecule has 0 fully saturated rings. The maximum atomic E-state index is 11.5. The molecule has 0 aliphatic carbocycles. The summed E-state index contributed by atoms with van der Waals surface area (Å²) in [6.45, 7) is 0. The molecular formula is C11H8Cl2O3S. The first kappa shape index (κ1) is 12.5. The van der Waals surface area contributed by atoms with Crippen molar-refractivity contribution in [3.05, 3.63) is 27.1 Å². The van der Waals surface area contributed by atoms with Gasteiger partial charge in [0.05, 0.1) is 23.9 Å². The summed E-state index contributed by atoms with van der Waals surface area (Å²) in [5.74, 6) is 0.0831. The zero-order valence-corrected chi connectivity index (χ0v) is 11.4. The lowest BCUT2D eigenvalue weighted by atomic mass is 10.2. The van der Waals surface area contributed by atoms with E-state index in [9.17, 15) is 4.79 Å². The summed E-state index contributed by atoms with van der Waals surface area (Å²) in [5, 5.41) is 1.54. The largest absolute Gasteiger partial charge is 0.495 e. The fraction of sp³-hybridized carbons (Fsp3) is 0.182. The van der Waals surface area contributed by atoms with E-state index in [1.54, 1.807) is 12.1 Å². The highest BCUT2D eigenvalue weighted by Crippen LogP contribution is 2.43. The molecular weight excluding hydrogens is 283 g/mol. The zero-order chi connectivity index (χ0) is 12.6. The number of rotatable bonds is 2. The number of hydrogen-bond donors (Lipinski definition) is 0. The Labute approximate surface area is 112 Å². The number of esters is 1. The van der Waals surface area contributed by atoms with E-state index in [2.05, 4.69) is 4.74 Å². The van der Waals surface area contributed by atoms with E-state index < -0.39 is 5.97 Å². The molecule has 1 aromatic carbocycles. The van der Waals surface area contributed by atoms with Crippen molar-refractivity contribution in [1.82, 2.24) is 0 Å². The van der Waals surface area contributed by atoms with Gasteiger partial charge in [0.25, 0.3) is 0 Å². The molecule has 0 atom stereocenters. The third kappa shape index (κ3) is 1.97. The smallest absolute Gasteiger partial charge is 0.349 e. The van der Waals surface area contributed by atoms with E-state index in [0.717, 1.165) is 10.1 Å². The van der Waals surface area contributed by atoms with Gasteiger partial charge < -0.3 is 9.47 Å². The Morgan fingerprint density at radius 2 is 1.94 bits per heavy atom. The molecule has 0 aliphatic rings. The Balaban J connectivity index is 2.73. The predicted molar refractivity (Wildman–Crippen MR) is 69.7 cm³/mol. The Morgan fingerprint density at radius 1 is 1.24 bits per heavy atom. The van der Waals surface area contributed by atoms with E-state index in [1.807, 2.05) is 0 Å². The molecule has 0 N–H and O–H groups in total. The maximum absolute atomic E-state index is 11.5. The molecule has 90 valence electrons. The number of methoxy groups -OCH3 is 2. The number of carbonyl (C=O) groups excluding carboxylic acids is 1. The minimum atomic E-state index is -0.466. The SMILES string of the molecule is COC(=O)c1sc2c(Cl)c(OC)ccc2c1Cl. The number of fused-ring (bicyclic) bond motifs is 1. The van der Waals surface area contributed by atoms with Crippen molar-refractivity contribution in [1.29, 1.82) is 0 Å². The van der Waals surface area contributed by atoms with Gasteiger partial charge in [0, 0.05) is 5.39 Å². The molecule has 2 aromatic rings. The molecule has 1 aromatic heterocycles. The third-order valence-corrected chi connectivity index (χ3v) is 4.49. The van der Waals surface area contributed by atoms with Crippen molar-refractivity contribution < 1.29 is 14.3 Å². The minimum absolute atomic E-state index is 0.347. The summed E-state index contributed by atoms with van der Waals surface area (Å²) in [4.78, 5) is 11.8. The number of thiophene rings is 1. The second-order valence-electron chi connectivity index (χ2n) is 3.20. The van der Waals surface area contributed by atoms with Gasteiger partial charge in [-0.15, -0.1) is 11.3 Å². The lowest BCUT2D eigenvalue weighted by Crippen LogP contribution is -1.97. The second-order valence-corrected chi connectivity index (χ2v) is 4.97. The van der Waals surface area contributed by atoms with Crippen LogP contribution >= 0.6 is 34.5 Å². The molecule has 0 spiro atoms. The van der Waals surface area contributed by atoms with Crippen molar-refractivity contribution >= 4 is 50.6 Å². The first-order valence-corrected chi connectivity index (χ1v) is 6.20. The quantitative estimate of drug-likeness (QED) is 0.784. The summed E-state index contributed by atoms with van der Waals surface area (Å²) in [6, 6.07) is 3.48. The van der Waals surface area contributed by atoms with Crippen LogP contribution in [0.15, 0.2) is 12.1 Å². The van der Waals surface area contributed by atoms with Crippen LogP contribution in [-0.2, 0) is 4.74 Å².